The number of hydrogen-bond donors (Lipinski definition) is 0. The second kappa shape index (κ2) is 8.35. The van der Waals surface area contributed by atoms with Gasteiger partial charge in [0.2, 0.25) is 0 Å². The predicted molar refractivity (Wildman–Crippen MR) is 91.4 cm³/mol. The van der Waals surface area contributed by atoms with E-state index in [1.165, 1.54) is 58.4 Å². The molecule has 120 valence electrons. The molecule has 0 atom stereocenters. The van der Waals surface area contributed by atoms with Crippen molar-refractivity contribution in [1.82, 2.24) is 9.80 Å². The highest BCUT2D eigenvalue weighted by atomic mass is 16.5. The van der Waals surface area contributed by atoms with Crippen LogP contribution in [0.15, 0.2) is 42.0 Å². The number of ether oxygens (including phenoxy) is 1. The van der Waals surface area contributed by atoms with Crippen LogP contribution >= 0.6 is 0 Å². The summed E-state index contributed by atoms with van der Waals surface area (Å²) >= 11 is 0. The summed E-state index contributed by atoms with van der Waals surface area (Å²) in [5, 5.41) is 0. The first kappa shape index (κ1) is 15.6. The Morgan fingerprint density at radius 1 is 0.909 bits per heavy atom. The number of likely N-dealkylation sites (tertiary alicyclic amines) is 2. The van der Waals surface area contributed by atoms with E-state index in [1.807, 2.05) is 30.3 Å². The summed E-state index contributed by atoms with van der Waals surface area (Å²) in [5.74, 6) is 0.978. The fourth-order valence-corrected chi connectivity index (χ4v) is 3.30. The van der Waals surface area contributed by atoms with Crippen LogP contribution in [0.1, 0.15) is 25.7 Å². The Kier molecular flexibility index (Phi) is 5.91. The molecule has 2 aliphatic heterocycles. The third-order valence-electron chi connectivity index (χ3n) is 4.75. The minimum atomic E-state index is 0.789. The van der Waals surface area contributed by atoms with Crippen molar-refractivity contribution in [3.8, 4) is 5.75 Å². The minimum Gasteiger partial charge on any atom is -0.492 e. The van der Waals surface area contributed by atoms with Gasteiger partial charge in [-0.25, -0.2) is 0 Å². The van der Waals surface area contributed by atoms with E-state index in [0.717, 1.165) is 18.9 Å². The standard InChI is InChI=1S/C19H28N2O/c1-2-6-19(7-3-1)22-17-16-21-14-9-18(10-15-21)8-13-20-11-4-5-12-20/h1-3,6-8H,4-5,9-17H2. The number of benzene rings is 1. The number of nitrogens with zero attached hydrogens (tertiary/aromatic N) is 2. The quantitative estimate of drug-likeness (QED) is 0.751. The number of para-hydroxylation sites is 1. The van der Waals surface area contributed by atoms with Gasteiger partial charge in [-0.1, -0.05) is 29.8 Å². The lowest BCUT2D eigenvalue weighted by Gasteiger charge is -2.28. The molecule has 0 unspecified atom stereocenters. The van der Waals surface area contributed by atoms with Gasteiger partial charge in [0, 0.05) is 26.2 Å². The van der Waals surface area contributed by atoms with Crippen molar-refractivity contribution in [2.75, 3.05) is 45.9 Å². The molecule has 0 amide bonds. The zero-order valence-corrected chi connectivity index (χ0v) is 13.5. The Morgan fingerprint density at radius 2 is 1.64 bits per heavy atom. The van der Waals surface area contributed by atoms with Crippen LogP contribution in [0.25, 0.3) is 0 Å². The molecule has 0 aromatic heterocycles. The third-order valence-corrected chi connectivity index (χ3v) is 4.75. The molecule has 0 saturated carbocycles. The van der Waals surface area contributed by atoms with Crippen LogP contribution in [0.3, 0.4) is 0 Å². The van der Waals surface area contributed by atoms with Crippen molar-refractivity contribution in [2.24, 2.45) is 0 Å². The van der Waals surface area contributed by atoms with Crippen molar-refractivity contribution in [3.05, 3.63) is 42.0 Å². The van der Waals surface area contributed by atoms with Gasteiger partial charge >= 0.3 is 0 Å². The Bertz CT molecular complexity index is 456. The first-order chi connectivity index (χ1) is 10.9. The van der Waals surface area contributed by atoms with Crippen molar-refractivity contribution in [1.29, 1.82) is 0 Å². The van der Waals surface area contributed by atoms with Gasteiger partial charge in [0.15, 0.2) is 0 Å². The van der Waals surface area contributed by atoms with Gasteiger partial charge in [-0.3, -0.25) is 9.80 Å². The van der Waals surface area contributed by atoms with E-state index in [2.05, 4.69) is 15.9 Å². The fourth-order valence-electron chi connectivity index (χ4n) is 3.30. The molecule has 3 rings (SSSR count). The SMILES string of the molecule is C(CN1CCCC1)=C1CCN(CCOc2ccccc2)CC1. The molecule has 2 saturated heterocycles. The van der Waals surface area contributed by atoms with E-state index >= 15 is 0 Å². The largest absolute Gasteiger partial charge is 0.492 e. The zero-order chi connectivity index (χ0) is 15.0. The molecule has 0 radical (unpaired) electrons. The molecule has 0 N–H and O–H groups in total. The van der Waals surface area contributed by atoms with Crippen LogP contribution in [0.4, 0.5) is 0 Å². The van der Waals surface area contributed by atoms with Crippen molar-refractivity contribution >= 4 is 0 Å². The minimum absolute atomic E-state index is 0.789. The molecule has 2 heterocycles. The first-order valence-electron chi connectivity index (χ1n) is 8.70. The number of hydrogen-bond acceptors (Lipinski definition) is 3. The van der Waals surface area contributed by atoms with Gasteiger partial charge in [0.1, 0.15) is 12.4 Å². The molecule has 2 fully saturated rings. The highest BCUT2D eigenvalue weighted by Crippen LogP contribution is 2.17. The van der Waals surface area contributed by atoms with E-state index in [9.17, 15) is 0 Å². The zero-order valence-electron chi connectivity index (χ0n) is 13.5. The molecule has 2 aliphatic rings. The molecule has 0 bridgehead atoms. The number of rotatable bonds is 6. The average Bonchev–Trinajstić information content (AvgIpc) is 3.09. The topological polar surface area (TPSA) is 15.7 Å². The van der Waals surface area contributed by atoms with Crippen LogP contribution in [0.5, 0.6) is 5.75 Å². The molecule has 3 heteroatoms. The average molecular weight is 300 g/mol. The summed E-state index contributed by atoms with van der Waals surface area (Å²) < 4.78 is 5.79. The summed E-state index contributed by atoms with van der Waals surface area (Å²) in [6.07, 6.45) is 7.73. The highest BCUT2D eigenvalue weighted by molar-refractivity contribution is 5.20. The monoisotopic (exact) mass is 300 g/mol. The van der Waals surface area contributed by atoms with E-state index in [-0.39, 0.29) is 0 Å². The highest BCUT2D eigenvalue weighted by Gasteiger charge is 2.15. The van der Waals surface area contributed by atoms with Crippen LogP contribution in [0, 0.1) is 0 Å². The maximum atomic E-state index is 5.79. The Balaban J connectivity index is 1.32. The lowest BCUT2D eigenvalue weighted by Crippen LogP contribution is -2.34. The lowest BCUT2D eigenvalue weighted by molar-refractivity contribution is 0.199. The van der Waals surface area contributed by atoms with Gasteiger partial charge in [-0.05, 0) is 50.9 Å². The van der Waals surface area contributed by atoms with Gasteiger partial charge in [0.05, 0.1) is 0 Å². The van der Waals surface area contributed by atoms with Gasteiger partial charge in [-0.15, -0.1) is 0 Å². The van der Waals surface area contributed by atoms with Crippen molar-refractivity contribution < 1.29 is 4.74 Å². The normalized spacial score (nSPS) is 20.3. The smallest absolute Gasteiger partial charge is 0.119 e. The molecule has 0 spiro atoms. The molecule has 22 heavy (non-hydrogen) atoms. The van der Waals surface area contributed by atoms with E-state index in [0.29, 0.717) is 0 Å². The van der Waals surface area contributed by atoms with Crippen LogP contribution in [-0.2, 0) is 0 Å². The van der Waals surface area contributed by atoms with Crippen molar-refractivity contribution in [3.63, 3.8) is 0 Å². The lowest BCUT2D eigenvalue weighted by atomic mass is 10.0. The third kappa shape index (κ3) is 4.85. The van der Waals surface area contributed by atoms with E-state index in [4.69, 9.17) is 4.74 Å². The maximum absolute atomic E-state index is 5.79. The molecule has 1 aromatic carbocycles. The summed E-state index contributed by atoms with van der Waals surface area (Å²) in [4.78, 5) is 5.10. The maximum Gasteiger partial charge on any atom is 0.119 e. The Labute approximate surface area is 134 Å². The summed E-state index contributed by atoms with van der Waals surface area (Å²) in [6.45, 7) is 7.96. The van der Waals surface area contributed by atoms with Gasteiger partial charge in [0.25, 0.3) is 0 Å². The second-order valence-corrected chi connectivity index (χ2v) is 6.37. The molecule has 3 nitrogen and oxygen atoms in total. The van der Waals surface area contributed by atoms with Gasteiger partial charge in [-0.2, -0.15) is 0 Å². The van der Waals surface area contributed by atoms with E-state index < -0.39 is 0 Å². The molecular weight excluding hydrogens is 272 g/mol. The predicted octanol–water partition coefficient (Wildman–Crippen LogP) is 3.18. The summed E-state index contributed by atoms with van der Waals surface area (Å²) in [6, 6.07) is 10.1. The number of piperidine rings is 1. The fraction of sp³-hybridized carbons (Fsp3) is 0.579. The summed E-state index contributed by atoms with van der Waals surface area (Å²) in [7, 11) is 0. The van der Waals surface area contributed by atoms with Crippen molar-refractivity contribution in [2.45, 2.75) is 25.7 Å². The summed E-state index contributed by atoms with van der Waals surface area (Å²) in [5.41, 5.74) is 1.66. The molecular formula is C19H28N2O. The first-order valence-corrected chi connectivity index (χ1v) is 8.70. The Hall–Kier alpha value is -1.32. The second-order valence-electron chi connectivity index (χ2n) is 6.37. The van der Waals surface area contributed by atoms with Gasteiger partial charge < -0.3 is 4.74 Å². The molecule has 0 aliphatic carbocycles. The van der Waals surface area contributed by atoms with Crippen LogP contribution in [0.2, 0.25) is 0 Å². The van der Waals surface area contributed by atoms with E-state index in [1.54, 1.807) is 5.57 Å². The Morgan fingerprint density at radius 3 is 2.36 bits per heavy atom. The molecule has 1 aromatic rings. The van der Waals surface area contributed by atoms with Crippen LogP contribution in [-0.4, -0.2) is 55.7 Å². The van der Waals surface area contributed by atoms with Crippen LogP contribution < -0.4 is 4.74 Å².